The van der Waals surface area contributed by atoms with Gasteiger partial charge in [0, 0.05) is 5.92 Å². The summed E-state index contributed by atoms with van der Waals surface area (Å²) in [5.74, 6) is 3.09. The standard InChI is InChI=1S/C12H17ClO2/c13-6-11(14)15-10-4-3-9-7-1-2-8(5-7)12(9)10/h7-10,12H,1-6H2/t7-,8-,9-,10-,12-/m0/s1. The minimum atomic E-state index is -0.231. The Morgan fingerprint density at radius 3 is 2.80 bits per heavy atom. The molecule has 3 fully saturated rings. The summed E-state index contributed by atoms with van der Waals surface area (Å²) in [6, 6.07) is 0. The normalized spacial score (nSPS) is 46.9. The smallest absolute Gasteiger partial charge is 0.321 e. The largest absolute Gasteiger partial charge is 0.461 e. The molecule has 2 nitrogen and oxygen atoms in total. The molecule has 0 spiro atoms. The van der Waals surface area contributed by atoms with Crippen molar-refractivity contribution in [3.8, 4) is 0 Å². The van der Waals surface area contributed by atoms with Crippen molar-refractivity contribution in [2.24, 2.45) is 23.7 Å². The second kappa shape index (κ2) is 3.65. The molecular formula is C12H17ClO2. The zero-order valence-electron chi connectivity index (χ0n) is 8.82. The fraction of sp³-hybridized carbons (Fsp3) is 0.917. The van der Waals surface area contributed by atoms with Gasteiger partial charge in [-0.1, -0.05) is 0 Å². The van der Waals surface area contributed by atoms with Crippen molar-refractivity contribution < 1.29 is 9.53 Å². The second-order valence-electron chi connectivity index (χ2n) is 5.31. The van der Waals surface area contributed by atoms with E-state index in [2.05, 4.69) is 0 Å². The molecule has 0 aromatic carbocycles. The van der Waals surface area contributed by atoms with Gasteiger partial charge in [0.2, 0.25) is 0 Å². The highest BCUT2D eigenvalue weighted by Gasteiger charge is 2.54. The minimum Gasteiger partial charge on any atom is -0.461 e. The first-order valence-electron chi connectivity index (χ1n) is 6.05. The van der Waals surface area contributed by atoms with Gasteiger partial charge in [-0.05, 0) is 49.9 Å². The molecule has 3 rings (SSSR count). The zero-order valence-corrected chi connectivity index (χ0v) is 9.58. The molecule has 0 unspecified atom stereocenters. The highest BCUT2D eigenvalue weighted by atomic mass is 35.5. The number of halogens is 1. The molecule has 3 heteroatoms. The van der Waals surface area contributed by atoms with E-state index in [1.165, 1.54) is 25.7 Å². The number of alkyl halides is 1. The Balaban J connectivity index is 1.70. The van der Waals surface area contributed by atoms with Crippen LogP contribution < -0.4 is 0 Å². The highest BCUT2D eigenvalue weighted by Crippen LogP contribution is 2.59. The van der Waals surface area contributed by atoms with E-state index in [9.17, 15) is 4.79 Å². The Morgan fingerprint density at radius 1 is 1.20 bits per heavy atom. The van der Waals surface area contributed by atoms with Gasteiger partial charge in [-0.2, -0.15) is 0 Å². The van der Waals surface area contributed by atoms with E-state index in [1.807, 2.05) is 0 Å². The molecule has 0 amide bonds. The van der Waals surface area contributed by atoms with Crippen molar-refractivity contribution in [1.29, 1.82) is 0 Å². The molecule has 0 aromatic rings. The topological polar surface area (TPSA) is 26.3 Å². The molecular weight excluding hydrogens is 212 g/mol. The maximum atomic E-state index is 11.2. The Hall–Kier alpha value is -0.240. The van der Waals surface area contributed by atoms with Gasteiger partial charge in [0.05, 0.1) is 0 Å². The monoisotopic (exact) mass is 228 g/mol. The molecule has 0 N–H and O–H groups in total. The predicted molar refractivity (Wildman–Crippen MR) is 57.6 cm³/mol. The summed E-state index contributed by atoms with van der Waals surface area (Å²) in [7, 11) is 0. The van der Waals surface area contributed by atoms with Crippen LogP contribution in [0.15, 0.2) is 0 Å². The van der Waals surface area contributed by atoms with E-state index in [4.69, 9.17) is 16.3 Å². The predicted octanol–water partition coefficient (Wildman–Crippen LogP) is 2.59. The molecule has 3 aliphatic rings. The third kappa shape index (κ3) is 1.49. The van der Waals surface area contributed by atoms with Gasteiger partial charge in [-0.15, -0.1) is 11.6 Å². The van der Waals surface area contributed by atoms with Crippen molar-refractivity contribution in [3.63, 3.8) is 0 Å². The van der Waals surface area contributed by atoms with E-state index in [0.29, 0.717) is 5.92 Å². The number of carbonyl (C=O) groups excluding carboxylic acids is 1. The van der Waals surface area contributed by atoms with Gasteiger partial charge in [0.1, 0.15) is 12.0 Å². The molecule has 0 aliphatic heterocycles. The summed E-state index contributed by atoms with van der Waals surface area (Å²) in [6.45, 7) is 0. The van der Waals surface area contributed by atoms with E-state index in [-0.39, 0.29) is 18.0 Å². The number of carbonyl (C=O) groups is 1. The van der Waals surface area contributed by atoms with Crippen LogP contribution in [0, 0.1) is 23.7 Å². The summed E-state index contributed by atoms with van der Waals surface area (Å²) in [5, 5.41) is 0. The van der Waals surface area contributed by atoms with Gasteiger partial charge in [-0.3, -0.25) is 4.79 Å². The first-order chi connectivity index (χ1) is 7.29. The Labute approximate surface area is 95.3 Å². The van der Waals surface area contributed by atoms with Gasteiger partial charge < -0.3 is 4.74 Å². The number of esters is 1. The van der Waals surface area contributed by atoms with Crippen LogP contribution in [0.2, 0.25) is 0 Å². The molecule has 5 atom stereocenters. The van der Waals surface area contributed by atoms with Crippen LogP contribution in [-0.4, -0.2) is 18.0 Å². The number of hydrogen-bond donors (Lipinski definition) is 0. The zero-order chi connectivity index (χ0) is 10.4. The molecule has 2 bridgehead atoms. The molecule has 3 aliphatic carbocycles. The first-order valence-corrected chi connectivity index (χ1v) is 6.58. The van der Waals surface area contributed by atoms with Gasteiger partial charge in [-0.25, -0.2) is 0 Å². The van der Waals surface area contributed by atoms with E-state index < -0.39 is 0 Å². The quantitative estimate of drug-likeness (QED) is 0.537. The summed E-state index contributed by atoms with van der Waals surface area (Å²) in [4.78, 5) is 11.2. The van der Waals surface area contributed by atoms with Gasteiger partial charge in [0.25, 0.3) is 0 Å². The van der Waals surface area contributed by atoms with Crippen molar-refractivity contribution in [3.05, 3.63) is 0 Å². The fourth-order valence-corrected chi connectivity index (χ4v) is 4.41. The maximum absolute atomic E-state index is 11.2. The summed E-state index contributed by atoms with van der Waals surface area (Å²) < 4.78 is 5.46. The average molecular weight is 229 g/mol. The van der Waals surface area contributed by atoms with Crippen LogP contribution in [-0.2, 0) is 9.53 Å². The average Bonchev–Trinajstić information content (AvgIpc) is 2.89. The van der Waals surface area contributed by atoms with Crippen LogP contribution >= 0.6 is 11.6 Å². The number of hydrogen-bond acceptors (Lipinski definition) is 2. The molecule has 0 heterocycles. The minimum absolute atomic E-state index is 0.00197. The van der Waals surface area contributed by atoms with Crippen LogP contribution in [0.4, 0.5) is 0 Å². The number of ether oxygens (including phenoxy) is 1. The van der Waals surface area contributed by atoms with E-state index in [0.717, 1.165) is 24.2 Å². The summed E-state index contributed by atoms with van der Waals surface area (Å²) in [6.07, 6.45) is 6.71. The Kier molecular flexibility index (Phi) is 2.42. The number of rotatable bonds is 2. The SMILES string of the molecule is O=C(CCl)O[C@H]1CC[C@H]2[C@H]3CC[C@@H](C3)[C@@H]21. The summed E-state index contributed by atoms with van der Waals surface area (Å²) in [5.41, 5.74) is 0. The highest BCUT2D eigenvalue weighted by molar-refractivity contribution is 6.26. The van der Waals surface area contributed by atoms with Gasteiger partial charge in [0.15, 0.2) is 0 Å². The molecule has 0 saturated heterocycles. The van der Waals surface area contributed by atoms with Crippen LogP contribution in [0.5, 0.6) is 0 Å². The molecule has 3 saturated carbocycles. The van der Waals surface area contributed by atoms with Crippen molar-refractivity contribution >= 4 is 17.6 Å². The second-order valence-corrected chi connectivity index (χ2v) is 5.58. The lowest BCUT2D eigenvalue weighted by Crippen LogP contribution is -2.29. The van der Waals surface area contributed by atoms with Crippen LogP contribution in [0.3, 0.4) is 0 Å². The van der Waals surface area contributed by atoms with Gasteiger partial charge >= 0.3 is 5.97 Å². The Bertz CT molecular complexity index is 279. The molecule has 0 aromatic heterocycles. The fourth-order valence-electron chi connectivity index (χ4n) is 4.35. The first kappa shape index (κ1) is 9.95. The third-order valence-electron chi connectivity index (χ3n) is 4.76. The Morgan fingerprint density at radius 2 is 2.00 bits per heavy atom. The lowest BCUT2D eigenvalue weighted by atomic mass is 9.81. The lowest BCUT2D eigenvalue weighted by Gasteiger charge is -2.28. The molecule has 0 radical (unpaired) electrons. The number of fused-ring (bicyclic) bond motifs is 5. The van der Waals surface area contributed by atoms with Crippen molar-refractivity contribution in [1.82, 2.24) is 0 Å². The third-order valence-corrected chi connectivity index (χ3v) is 4.98. The van der Waals surface area contributed by atoms with E-state index >= 15 is 0 Å². The van der Waals surface area contributed by atoms with E-state index in [1.54, 1.807) is 0 Å². The molecule has 84 valence electrons. The van der Waals surface area contributed by atoms with Crippen LogP contribution in [0.1, 0.15) is 32.1 Å². The summed E-state index contributed by atoms with van der Waals surface area (Å²) >= 11 is 5.48. The van der Waals surface area contributed by atoms with Crippen molar-refractivity contribution in [2.75, 3.05) is 5.88 Å². The molecule has 15 heavy (non-hydrogen) atoms. The lowest BCUT2D eigenvalue weighted by molar-refractivity contribution is -0.148. The van der Waals surface area contributed by atoms with Crippen molar-refractivity contribution in [2.45, 2.75) is 38.2 Å². The van der Waals surface area contributed by atoms with Crippen LogP contribution in [0.25, 0.3) is 0 Å². The maximum Gasteiger partial charge on any atom is 0.321 e.